The van der Waals surface area contributed by atoms with Crippen LogP contribution in [0.15, 0.2) is 93.8 Å². The van der Waals surface area contributed by atoms with E-state index in [1.165, 1.54) is 0 Å². The van der Waals surface area contributed by atoms with Crippen molar-refractivity contribution in [3.63, 3.8) is 0 Å². The van der Waals surface area contributed by atoms with Crippen molar-refractivity contribution in [1.82, 2.24) is 59.8 Å². The predicted octanol–water partition coefficient (Wildman–Crippen LogP) is 8.55. The molecule has 8 aliphatic heterocycles. The maximum atomic E-state index is 10.3. The van der Waals surface area contributed by atoms with Gasteiger partial charge in [0.2, 0.25) is 0 Å². The van der Waals surface area contributed by atoms with Crippen molar-refractivity contribution in [3.05, 3.63) is 185 Å². The second kappa shape index (κ2) is 30.4. The van der Waals surface area contributed by atoms with Gasteiger partial charge in [0.15, 0.2) is 0 Å². The Balaban J connectivity index is 0.000000122. The Bertz CT molecular complexity index is 4350. The lowest BCUT2D eigenvalue weighted by Crippen LogP contribution is -2.50. The fourth-order valence-corrected chi connectivity index (χ4v) is 14.5. The van der Waals surface area contributed by atoms with Gasteiger partial charge in [0.1, 0.15) is 51.8 Å². The summed E-state index contributed by atoms with van der Waals surface area (Å²) in [6.45, 7) is 21.6. The highest BCUT2D eigenvalue weighted by atomic mass is 35.5. The number of anilines is 4. The molecule has 16 rings (SSSR count). The van der Waals surface area contributed by atoms with Crippen LogP contribution >= 0.6 is 46.4 Å². The Morgan fingerprint density at radius 3 is 1.10 bits per heavy atom. The number of nitrogens with zero attached hydrogens (tertiary/aromatic N) is 20. The minimum Gasteiger partial charge on any atom is -0.388 e. The molecule has 0 spiro atoms. The number of fused-ring (bicyclic) bond motifs is 4. The minimum absolute atomic E-state index is 0.0348. The molecule has 0 unspecified atom stereocenters. The van der Waals surface area contributed by atoms with Crippen LogP contribution in [0.3, 0.4) is 0 Å². The first kappa shape index (κ1) is 73.0. The average Bonchev–Trinajstić information content (AvgIpc) is 1.71. The maximum Gasteiger partial charge on any atom is 0.147 e. The zero-order valence-electron chi connectivity index (χ0n) is 58.9. The number of nitrogens with two attached hydrogens (primary N) is 4. The molecule has 8 aromatic rings. The smallest absolute Gasteiger partial charge is 0.147 e. The Morgan fingerprint density at radius 2 is 0.757 bits per heavy atom. The number of rotatable bonds is 11. The van der Waals surface area contributed by atoms with E-state index < -0.39 is 11.3 Å². The summed E-state index contributed by atoms with van der Waals surface area (Å²) < 4.78 is 0. The zero-order valence-corrected chi connectivity index (χ0v) is 61.9. The molecule has 4 fully saturated rings. The molecule has 4 saturated heterocycles. The highest BCUT2D eigenvalue weighted by Crippen LogP contribution is 2.36. The number of pyridine rings is 4. The molecule has 26 nitrogen and oxygen atoms in total. The maximum absolute atomic E-state index is 10.3. The molecule has 16 heterocycles. The van der Waals surface area contributed by atoms with Gasteiger partial charge in [-0.3, -0.25) is 39.9 Å². The van der Waals surface area contributed by atoms with Crippen LogP contribution in [0.2, 0.25) is 20.1 Å². The number of aromatic nitrogens is 12. The largest absolute Gasteiger partial charge is 0.388 e. The number of hydrogen-bond donors (Lipinski definition) is 6. The van der Waals surface area contributed by atoms with Gasteiger partial charge in [-0.2, -0.15) is 0 Å². The Hall–Kier alpha value is -8.28. The highest BCUT2D eigenvalue weighted by molar-refractivity contribution is 6.37. The van der Waals surface area contributed by atoms with Gasteiger partial charge in [-0.1, -0.05) is 60.3 Å². The number of hydrogen-bond acceptors (Lipinski definition) is 26. The molecule has 103 heavy (non-hydrogen) atoms. The summed E-state index contributed by atoms with van der Waals surface area (Å²) >= 11 is 25.4. The van der Waals surface area contributed by atoms with E-state index in [9.17, 15) is 10.2 Å². The molecule has 0 bridgehead atoms. The third kappa shape index (κ3) is 15.9. The van der Waals surface area contributed by atoms with Crippen molar-refractivity contribution in [2.45, 2.75) is 142 Å². The Labute approximate surface area is 619 Å². The molecule has 30 heteroatoms. The predicted molar refractivity (Wildman–Crippen MR) is 405 cm³/mol. The SMILES string of the molecule is CCC1(N)CCN(c2cnc3c(n2)CN=C3c2ccnc(C)c2Cl)CC1.Cc1cc(C2=NCc3nc(N4CCC(C)(CN)CC4)cnc32)c(Cl)cn1.Cc1cc(C2=NCc3nc(N4CCC(O)(CN)CC4)cnc32)c(Cl)cn1.Cc1nccc(C2=NCc3nc(N4CCC(N)(O)CC4)cnc32)c1Cl. The molecule has 0 atom stereocenters. The molecule has 0 radical (unpaired) electrons. The van der Waals surface area contributed by atoms with E-state index in [4.69, 9.17) is 89.3 Å². The first-order valence-electron chi connectivity index (χ1n) is 35.0. The molecule has 0 saturated carbocycles. The van der Waals surface area contributed by atoms with Crippen molar-refractivity contribution in [1.29, 1.82) is 0 Å². The molecule has 0 amide bonds. The summed E-state index contributed by atoms with van der Waals surface area (Å²) in [4.78, 5) is 81.8. The molecule has 0 aromatic carbocycles. The molecule has 0 aliphatic carbocycles. The van der Waals surface area contributed by atoms with Crippen molar-refractivity contribution >= 4 is 92.5 Å². The monoisotopic (exact) mass is 1470 g/mol. The molecule has 10 N–H and O–H groups in total. The first-order chi connectivity index (χ1) is 49.4. The van der Waals surface area contributed by atoms with Gasteiger partial charge in [-0.05, 0) is 109 Å². The normalized spacial score (nSPS) is 18.7. The lowest BCUT2D eigenvalue weighted by Gasteiger charge is -2.39. The van der Waals surface area contributed by atoms with E-state index in [1.54, 1.807) is 37.2 Å². The molecular formula is C73H86Cl4N24O2. The number of halogens is 4. The van der Waals surface area contributed by atoms with Crippen molar-refractivity contribution < 1.29 is 10.2 Å². The highest BCUT2D eigenvalue weighted by Gasteiger charge is 2.36. The third-order valence-corrected chi connectivity index (χ3v) is 22.4. The van der Waals surface area contributed by atoms with Crippen LogP contribution in [0.5, 0.6) is 0 Å². The van der Waals surface area contributed by atoms with Crippen LogP contribution in [-0.4, -0.2) is 175 Å². The van der Waals surface area contributed by atoms with Gasteiger partial charge in [-0.25, -0.2) is 39.9 Å². The van der Waals surface area contributed by atoms with Crippen molar-refractivity contribution in [3.8, 4) is 0 Å². The summed E-state index contributed by atoms with van der Waals surface area (Å²) in [6.07, 6.45) is 21.4. The van der Waals surface area contributed by atoms with Gasteiger partial charge < -0.3 is 52.7 Å². The minimum atomic E-state index is -1.08. The van der Waals surface area contributed by atoms with Gasteiger partial charge >= 0.3 is 0 Å². The zero-order chi connectivity index (χ0) is 72.5. The lowest BCUT2D eigenvalue weighted by atomic mass is 9.80. The van der Waals surface area contributed by atoms with Crippen LogP contribution in [0, 0.1) is 33.1 Å². The summed E-state index contributed by atoms with van der Waals surface area (Å²) in [5.41, 5.74) is 38.7. The van der Waals surface area contributed by atoms with E-state index in [0.717, 1.165) is 202 Å². The van der Waals surface area contributed by atoms with E-state index in [-0.39, 0.29) is 11.0 Å². The fraction of sp³-hybridized carbons (Fsp3) is 0.452. The van der Waals surface area contributed by atoms with Crippen LogP contribution in [0.4, 0.5) is 23.3 Å². The van der Waals surface area contributed by atoms with Crippen LogP contribution < -0.4 is 42.5 Å². The van der Waals surface area contributed by atoms with Crippen LogP contribution in [-0.2, 0) is 26.2 Å². The number of aryl methyl sites for hydroxylation is 4. The molecular weight excluding hydrogens is 1390 g/mol. The van der Waals surface area contributed by atoms with Gasteiger partial charge in [-0.15, -0.1) is 0 Å². The van der Waals surface area contributed by atoms with E-state index in [0.29, 0.717) is 105 Å². The van der Waals surface area contributed by atoms with E-state index in [1.807, 2.05) is 64.4 Å². The first-order valence-corrected chi connectivity index (χ1v) is 36.5. The average molecular weight is 1470 g/mol. The van der Waals surface area contributed by atoms with Crippen molar-refractivity contribution in [2.75, 3.05) is 85.0 Å². The van der Waals surface area contributed by atoms with Crippen LogP contribution in [0.25, 0.3) is 0 Å². The molecule has 8 aliphatic rings. The number of aliphatic imine (C=N–C) groups is 4. The third-order valence-electron chi connectivity index (χ3n) is 20.8. The van der Waals surface area contributed by atoms with Gasteiger partial charge in [0.05, 0.1) is 134 Å². The summed E-state index contributed by atoms with van der Waals surface area (Å²) in [5, 5.41) is 22.5. The fourth-order valence-electron chi connectivity index (χ4n) is 13.7. The Kier molecular flexibility index (Phi) is 21.6. The van der Waals surface area contributed by atoms with Gasteiger partial charge in [0.25, 0.3) is 0 Å². The van der Waals surface area contributed by atoms with E-state index in [2.05, 4.69) is 93.3 Å². The summed E-state index contributed by atoms with van der Waals surface area (Å²) in [7, 11) is 0. The topological polar surface area (TPSA) is 362 Å². The second-order valence-corrected chi connectivity index (χ2v) is 29.7. The standard InChI is InChI=1S/2C19H23ClN6.C18H21ClN6O.C17H19ClN6O/c1-12-7-13(14(20)8-22-12)17-18-15(9-23-17)25-16(10-24-18)26-5-3-19(2,11-21)4-6-26;1-3-19(21)5-8-26(9-6-19)15-11-24-18-14(25-15)10-23-17(18)13-4-7-22-12(2)16(13)20;1-11-6-12(13(19)7-21-11)16-17-14(8-22-16)24-15(9-23-17)25-4-2-18(26,10-20)3-5-25;1-10-14(18)11(2-5-20-10)15-16-12(8-21-15)23-13(9-22-16)24-6-3-17(19,25)4-7-24/h7-8,10H,3-6,9,11,21H2,1-2H3;4,7,11H,3,5-6,8-10,21H2,1-2H3;6-7,9,26H,2-5,8,10,20H2,1H3;2,5,9,25H,3-4,6-8,19H2,1H3. The second-order valence-electron chi connectivity index (χ2n) is 28.1. The molecule has 538 valence electrons. The van der Waals surface area contributed by atoms with Gasteiger partial charge in [0, 0.05) is 136 Å². The lowest BCUT2D eigenvalue weighted by molar-refractivity contribution is 0.0224. The molecule has 8 aromatic heterocycles. The summed E-state index contributed by atoms with van der Waals surface area (Å²) in [6, 6.07) is 7.61. The summed E-state index contributed by atoms with van der Waals surface area (Å²) in [5.74, 6) is 3.45. The van der Waals surface area contributed by atoms with E-state index >= 15 is 0 Å². The number of aliphatic hydroxyl groups is 2. The van der Waals surface area contributed by atoms with Crippen molar-refractivity contribution in [2.24, 2.45) is 48.3 Å². The number of piperidine rings is 4. The Morgan fingerprint density at radius 1 is 0.427 bits per heavy atom. The quantitative estimate of drug-likeness (QED) is 0.0660. The van der Waals surface area contributed by atoms with Crippen LogP contribution in [0.1, 0.15) is 162 Å².